The molecular weight excluding hydrogens is 370 g/mol. The average Bonchev–Trinajstić information content (AvgIpc) is 2.78. The highest BCUT2D eigenvalue weighted by Crippen LogP contribution is 2.24. The highest BCUT2D eigenvalue weighted by atomic mass is 16.5. The van der Waals surface area contributed by atoms with Crippen molar-refractivity contribution in [2.45, 2.75) is 33.6 Å². The van der Waals surface area contributed by atoms with E-state index in [1.807, 2.05) is 62.5 Å². The van der Waals surface area contributed by atoms with Crippen LogP contribution in [0.15, 0.2) is 84.6 Å². The zero-order valence-corrected chi connectivity index (χ0v) is 17.9. The van der Waals surface area contributed by atoms with Gasteiger partial charge in [-0.2, -0.15) is 0 Å². The van der Waals surface area contributed by atoms with Crippen LogP contribution in [0.5, 0.6) is 0 Å². The molecule has 0 unspecified atom stereocenters. The van der Waals surface area contributed by atoms with E-state index in [1.54, 1.807) is 0 Å². The molecule has 0 spiro atoms. The number of aliphatic imine (C=N–C) groups is 1. The highest BCUT2D eigenvalue weighted by Gasteiger charge is 2.18. The molecule has 0 atom stereocenters. The lowest BCUT2D eigenvalue weighted by molar-refractivity contribution is 0.506. The van der Waals surface area contributed by atoms with Crippen molar-refractivity contribution >= 4 is 11.7 Å². The van der Waals surface area contributed by atoms with Gasteiger partial charge < -0.3 is 4.74 Å². The van der Waals surface area contributed by atoms with Crippen LogP contribution in [0, 0.1) is 0 Å². The Bertz CT molecular complexity index is 1080. The zero-order valence-electron chi connectivity index (χ0n) is 17.9. The molecule has 0 N–H and O–H groups in total. The lowest BCUT2D eigenvalue weighted by Crippen LogP contribution is -2.14. The summed E-state index contributed by atoms with van der Waals surface area (Å²) < 4.78 is 6.12. The van der Waals surface area contributed by atoms with Gasteiger partial charge in [0.25, 0.3) is 0 Å². The van der Waals surface area contributed by atoms with Gasteiger partial charge in [-0.15, -0.1) is 0 Å². The summed E-state index contributed by atoms with van der Waals surface area (Å²) in [6.07, 6.45) is 3.44. The number of rotatable bonds is 7. The van der Waals surface area contributed by atoms with Gasteiger partial charge in [-0.25, -0.2) is 9.98 Å². The van der Waals surface area contributed by atoms with Gasteiger partial charge >= 0.3 is 0 Å². The topological polar surface area (TPSA) is 47.4 Å². The SMILES string of the molecule is C=C(C)N=C(OC(=C)c1ccccc1)c1nc(-c2ccccc2CC)cnc1CC. The molecule has 0 radical (unpaired) electrons. The third kappa shape index (κ3) is 4.90. The summed E-state index contributed by atoms with van der Waals surface area (Å²) in [7, 11) is 0. The molecule has 0 saturated heterocycles. The summed E-state index contributed by atoms with van der Waals surface area (Å²) in [5.41, 5.74) is 6.00. The van der Waals surface area contributed by atoms with Crippen molar-refractivity contribution in [3.05, 3.63) is 102 Å². The Morgan fingerprint density at radius 3 is 2.33 bits per heavy atom. The number of hydrogen-bond donors (Lipinski definition) is 0. The van der Waals surface area contributed by atoms with Crippen molar-refractivity contribution in [3.8, 4) is 11.3 Å². The molecule has 0 amide bonds. The van der Waals surface area contributed by atoms with Crippen LogP contribution in [0.1, 0.15) is 43.3 Å². The van der Waals surface area contributed by atoms with Crippen LogP contribution in [0.2, 0.25) is 0 Å². The lowest BCUT2D eigenvalue weighted by Gasteiger charge is -2.15. The summed E-state index contributed by atoms with van der Waals surface area (Å²) in [5, 5.41) is 0. The molecule has 0 bridgehead atoms. The second-order valence-electron chi connectivity index (χ2n) is 6.96. The Kier molecular flexibility index (Phi) is 6.91. The third-order valence-corrected chi connectivity index (χ3v) is 4.67. The maximum Gasteiger partial charge on any atom is 0.247 e. The smallest absolute Gasteiger partial charge is 0.247 e. The molecule has 3 aromatic rings. The molecule has 2 aromatic carbocycles. The molecule has 0 fully saturated rings. The fraction of sp³-hybridized carbons (Fsp3) is 0.192. The van der Waals surface area contributed by atoms with Gasteiger partial charge in [-0.05, 0) is 25.3 Å². The van der Waals surface area contributed by atoms with Gasteiger partial charge in [0.1, 0.15) is 11.5 Å². The van der Waals surface area contributed by atoms with E-state index in [9.17, 15) is 0 Å². The van der Waals surface area contributed by atoms with E-state index in [-0.39, 0.29) is 0 Å². The fourth-order valence-electron chi connectivity index (χ4n) is 3.15. The van der Waals surface area contributed by atoms with Gasteiger partial charge in [0.15, 0.2) is 0 Å². The second kappa shape index (κ2) is 9.79. The van der Waals surface area contributed by atoms with Crippen LogP contribution in [0.25, 0.3) is 17.0 Å². The standard InChI is InChI=1S/C26H27N3O/c1-6-20-13-11-12-16-22(20)24-17-27-23(7-2)25(29-24)26(28-18(3)4)30-19(5)21-14-9-8-10-15-21/h8-17H,3,5-7H2,1-2,4H3. The molecule has 0 aliphatic carbocycles. The quantitative estimate of drug-likeness (QED) is 0.269. The Morgan fingerprint density at radius 1 is 0.967 bits per heavy atom. The molecule has 30 heavy (non-hydrogen) atoms. The van der Waals surface area contributed by atoms with E-state index < -0.39 is 0 Å². The van der Waals surface area contributed by atoms with Crippen LogP contribution < -0.4 is 0 Å². The predicted octanol–water partition coefficient (Wildman–Crippen LogP) is 6.24. The first-order valence-electron chi connectivity index (χ1n) is 10.1. The lowest BCUT2D eigenvalue weighted by atomic mass is 10.0. The van der Waals surface area contributed by atoms with Crippen LogP contribution in [-0.4, -0.2) is 15.9 Å². The normalized spacial score (nSPS) is 11.2. The molecule has 1 heterocycles. The van der Waals surface area contributed by atoms with Crippen LogP contribution in [0.3, 0.4) is 0 Å². The van der Waals surface area contributed by atoms with Crippen molar-refractivity contribution in [2.24, 2.45) is 4.99 Å². The van der Waals surface area contributed by atoms with Crippen LogP contribution in [0.4, 0.5) is 0 Å². The molecule has 0 aliphatic heterocycles. The second-order valence-corrected chi connectivity index (χ2v) is 6.96. The van der Waals surface area contributed by atoms with E-state index in [0.29, 0.717) is 29.5 Å². The highest BCUT2D eigenvalue weighted by molar-refractivity contribution is 5.97. The van der Waals surface area contributed by atoms with Crippen molar-refractivity contribution in [1.82, 2.24) is 9.97 Å². The van der Waals surface area contributed by atoms with Gasteiger partial charge in [-0.1, -0.05) is 81.6 Å². The van der Waals surface area contributed by atoms with E-state index in [2.05, 4.69) is 42.2 Å². The average molecular weight is 398 g/mol. The Labute approximate surface area is 178 Å². The number of aromatic nitrogens is 2. The van der Waals surface area contributed by atoms with Crippen molar-refractivity contribution in [1.29, 1.82) is 0 Å². The third-order valence-electron chi connectivity index (χ3n) is 4.67. The molecular formula is C26H27N3O. The number of hydrogen-bond acceptors (Lipinski definition) is 4. The predicted molar refractivity (Wildman–Crippen MR) is 124 cm³/mol. The van der Waals surface area contributed by atoms with Crippen LogP contribution >= 0.6 is 0 Å². The minimum Gasteiger partial charge on any atom is -0.437 e. The van der Waals surface area contributed by atoms with Crippen molar-refractivity contribution in [2.75, 3.05) is 0 Å². The Morgan fingerprint density at radius 2 is 1.67 bits per heavy atom. The first-order chi connectivity index (χ1) is 14.5. The molecule has 4 heteroatoms. The minimum atomic E-state index is 0.358. The van der Waals surface area contributed by atoms with E-state index >= 15 is 0 Å². The summed E-state index contributed by atoms with van der Waals surface area (Å²) in [6.45, 7) is 14.0. The maximum absolute atomic E-state index is 6.12. The van der Waals surface area contributed by atoms with E-state index in [0.717, 1.165) is 28.9 Å². The monoisotopic (exact) mass is 397 g/mol. The van der Waals surface area contributed by atoms with E-state index in [1.165, 1.54) is 5.56 Å². The summed E-state index contributed by atoms with van der Waals surface area (Å²) in [6, 6.07) is 18.0. The van der Waals surface area contributed by atoms with Gasteiger partial charge in [0.2, 0.25) is 5.90 Å². The van der Waals surface area contributed by atoms with Gasteiger partial charge in [0.05, 0.1) is 17.6 Å². The summed E-state index contributed by atoms with van der Waals surface area (Å²) in [4.78, 5) is 14.1. The first kappa shape index (κ1) is 21.2. The largest absolute Gasteiger partial charge is 0.437 e. The number of ether oxygens (including phenoxy) is 1. The van der Waals surface area contributed by atoms with Gasteiger partial charge in [-0.3, -0.25) is 4.98 Å². The molecule has 0 aliphatic rings. The zero-order chi connectivity index (χ0) is 21.5. The fourth-order valence-corrected chi connectivity index (χ4v) is 3.15. The molecule has 152 valence electrons. The Hall–Kier alpha value is -3.53. The Balaban J connectivity index is 2.08. The first-order valence-corrected chi connectivity index (χ1v) is 10.1. The number of benzene rings is 2. The maximum atomic E-state index is 6.12. The number of allylic oxidation sites excluding steroid dienone is 1. The van der Waals surface area contributed by atoms with E-state index in [4.69, 9.17) is 9.72 Å². The minimum absolute atomic E-state index is 0.358. The van der Waals surface area contributed by atoms with Crippen LogP contribution in [-0.2, 0) is 17.6 Å². The summed E-state index contributed by atoms with van der Waals surface area (Å²) in [5.74, 6) is 0.857. The molecule has 3 rings (SSSR count). The molecule has 4 nitrogen and oxygen atoms in total. The molecule has 0 saturated carbocycles. The molecule has 1 aromatic heterocycles. The van der Waals surface area contributed by atoms with Crippen molar-refractivity contribution < 1.29 is 4.74 Å². The number of nitrogens with zero attached hydrogens (tertiary/aromatic N) is 3. The summed E-state index contributed by atoms with van der Waals surface area (Å²) >= 11 is 0. The van der Waals surface area contributed by atoms with Gasteiger partial charge in [0, 0.05) is 16.8 Å². The number of aryl methyl sites for hydroxylation is 2. The van der Waals surface area contributed by atoms with Crippen molar-refractivity contribution in [3.63, 3.8) is 0 Å².